The Kier molecular flexibility index (Phi) is 5.01. The first-order chi connectivity index (χ1) is 11.6. The van der Waals surface area contributed by atoms with E-state index in [-0.39, 0.29) is 5.97 Å². The van der Waals surface area contributed by atoms with Gasteiger partial charge in [0, 0.05) is 5.69 Å². The van der Waals surface area contributed by atoms with Gasteiger partial charge in [-0.15, -0.1) is 0 Å². The fourth-order valence-corrected chi connectivity index (χ4v) is 3.21. The third kappa shape index (κ3) is 3.49. The molecule has 0 amide bonds. The first-order valence-electron chi connectivity index (χ1n) is 9.07. The Bertz CT molecular complexity index is 731. The van der Waals surface area contributed by atoms with Gasteiger partial charge in [-0.05, 0) is 91.4 Å². The number of ether oxygens (including phenoxy) is 1. The minimum Gasteiger partial charge on any atom is -0.456 e. The summed E-state index contributed by atoms with van der Waals surface area (Å²) in [6.07, 6.45) is 0. The SMILES string of the molecule is Cc1c(N)c(C)c(C(=O)OC(C)(C)C)c(C)c1B1OC(C)(C)C(C)(C)O1. The van der Waals surface area contributed by atoms with E-state index >= 15 is 0 Å². The van der Waals surface area contributed by atoms with Crippen molar-refractivity contribution in [2.24, 2.45) is 0 Å². The number of hydrogen-bond donors (Lipinski definition) is 1. The van der Waals surface area contributed by atoms with E-state index in [2.05, 4.69) is 0 Å². The van der Waals surface area contributed by atoms with Crippen LogP contribution in [0.25, 0.3) is 0 Å². The second kappa shape index (κ2) is 6.27. The first kappa shape index (κ1) is 20.8. The maximum atomic E-state index is 12.8. The van der Waals surface area contributed by atoms with E-state index in [0.717, 1.165) is 22.2 Å². The minimum absolute atomic E-state index is 0.378. The molecule has 1 saturated heterocycles. The molecule has 5 nitrogen and oxygen atoms in total. The van der Waals surface area contributed by atoms with Crippen molar-refractivity contribution in [1.82, 2.24) is 0 Å². The van der Waals surface area contributed by atoms with Gasteiger partial charge in [-0.3, -0.25) is 0 Å². The Hall–Kier alpha value is -1.53. The molecular weight excluding hydrogens is 329 g/mol. The van der Waals surface area contributed by atoms with Gasteiger partial charge in [0.1, 0.15) is 5.60 Å². The van der Waals surface area contributed by atoms with Crippen molar-refractivity contribution in [3.8, 4) is 0 Å². The molecular formula is C20H32BNO4. The maximum Gasteiger partial charge on any atom is 0.495 e. The van der Waals surface area contributed by atoms with Crippen molar-refractivity contribution in [2.75, 3.05) is 5.73 Å². The molecule has 2 rings (SSSR count). The molecule has 0 atom stereocenters. The molecule has 144 valence electrons. The van der Waals surface area contributed by atoms with Gasteiger partial charge in [0.15, 0.2) is 0 Å². The zero-order valence-electron chi connectivity index (χ0n) is 17.8. The van der Waals surface area contributed by atoms with E-state index < -0.39 is 23.9 Å². The van der Waals surface area contributed by atoms with E-state index in [1.54, 1.807) is 0 Å². The average Bonchev–Trinajstić information content (AvgIpc) is 2.62. The maximum absolute atomic E-state index is 12.8. The fraction of sp³-hybridized carbons (Fsp3) is 0.650. The van der Waals surface area contributed by atoms with Gasteiger partial charge in [0.2, 0.25) is 0 Å². The van der Waals surface area contributed by atoms with Gasteiger partial charge < -0.3 is 19.8 Å². The Labute approximate surface area is 157 Å². The van der Waals surface area contributed by atoms with Crippen LogP contribution in [0.2, 0.25) is 0 Å². The largest absolute Gasteiger partial charge is 0.495 e. The zero-order valence-corrected chi connectivity index (χ0v) is 17.8. The smallest absolute Gasteiger partial charge is 0.456 e. The second-order valence-electron chi connectivity index (χ2n) is 9.17. The normalized spacial score (nSPS) is 18.9. The summed E-state index contributed by atoms with van der Waals surface area (Å²) in [7, 11) is -0.580. The van der Waals surface area contributed by atoms with Crippen LogP contribution in [-0.2, 0) is 14.0 Å². The number of rotatable bonds is 2. The van der Waals surface area contributed by atoms with Crippen LogP contribution in [-0.4, -0.2) is 29.9 Å². The molecule has 0 radical (unpaired) electrons. The lowest BCUT2D eigenvalue weighted by atomic mass is 9.71. The van der Waals surface area contributed by atoms with E-state index in [1.165, 1.54) is 0 Å². The van der Waals surface area contributed by atoms with Crippen LogP contribution in [0.4, 0.5) is 5.69 Å². The standard InChI is InChI=1S/C20H32BNO4/c1-11-14(17(23)24-18(4,5)6)12(2)16(22)13(3)15(11)21-25-19(7,8)20(9,10)26-21/h22H2,1-10H3. The highest BCUT2D eigenvalue weighted by Crippen LogP contribution is 2.38. The van der Waals surface area contributed by atoms with E-state index in [9.17, 15) is 4.79 Å². The summed E-state index contributed by atoms with van der Waals surface area (Å²) < 4.78 is 18.0. The summed E-state index contributed by atoms with van der Waals surface area (Å²) in [4.78, 5) is 12.8. The number of carbonyl (C=O) groups is 1. The third-order valence-electron chi connectivity index (χ3n) is 5.46. The molecule has 1 aliphatic rings. The molecule has 0 aromatic heterocycles. The molecule has 1 fully saturated rings. The molecule has 0 spiro atoms. The summed E-state index contributed by atoms with van der Waals surface area (Å²) >= 11 is 0. The highest BCUT2D eigenvalue weighted by atomic mass is 16.7. The zero-order chi connectivity index (χ0) is 20.2. The molecule has 6 heteroatoms. The highest BCUT2D eigenvalue weighted by molar-refractivity contribution is 6.63. The van der Waals surface area contributed by atoms with Crippen LogP contribution in [0, 0.1) is 20.8 Å². The number of anilines is 1. The van der Waals surface area contributed by atoms with Gasteiger partial charge in [-0.1, -0.05) is 0 Å². The van der Waals surface area contributed by atoms with Crippen molar-refractivity contribution in [1.29, 1.82) is 0 Å². The average molecular weight is 361 g/mol. The van der Waals surface area contributed by atoms with Crippen molar-refractivity contribution < 1.29 is 18.8 Å². The van der Waals surface area contributed by atoms with Gasteiger partial charge in [0.05, 0.1) is 16.8 Å². The molecule has 1 aliphatic heterocycles. The number of benzene rings is 1. The predicted octanol–water partition coefficient (Wildman–Crippen LogP) is 3.45. The monoisotopic (exact) mass is 361 g/mol. The van der Waals surface area contributed by atoms with Crippen LogP contribution in [0.15, 0.2) is 0 Å². The highest BCUT2D eigenvalue weighted by Gasteiger charge is 2.53. The Morgan fingerprint density at radius 2 is 1.42 bits per heavy atom. The van der Waals surface area contributed by atoms with Crippen molar-refractivity contribution in [3.63, 3.8) is 0 Å². The molecule has 1 heterocycles. The Morgan fingerprint density at radius 3 is 1.85 bits per heavy atom. The lowest BCUT2D eigenvalue weighted by Crippen LogP contribution is -2.41. The van der Waals surface area contributed by atoms with Gasteiger partial charge >= 0.3 is 13.1 Å². The van der Waals surface area contributed by atoms with Crippen LogP contribution in [0.3, 0.4) is 0 Å². The lowest BCUT2D eigenvalue weighted by molar-refractivity contribution is 0.00578. The second-order valence-corrected chi connectivity index (χ2v) is 9.17. The Morgan fingerprint density at radius 1 is 0.962 bits per heavy atom. The fourth-order valence-electron chi connectivity index (χ4n) is 3.21. The predicted molar refractivity (Wildman–Crippen MR) is 106 cm³/mol. The number of carbonyl (C=O) groups excluding carboxylic acids is 1. The van der Waals surface area contributed by atoms with Crippen LogP contribution in [0.5, 0.6) is 0 Å². The van der Waals surface area contributed by atoms with Crippen molar-refractivity contribution in [2.45, 2.75) is 86.0 Å². The lowest BCUT2D eigenvalue weighted by Gasteiger charge is -2.32. The molecule has 2 N–H and O–H groups in total. The summed E-state index contributed by atoms with van der Waals surface area (Å²) in [5.41, 5.74) is 9.10. The number of nitrogens with two attached hydrogens (primary N) is 1. The molecule has 1 aromatic rings. The van der Waals surface area contributed by atoms with Gasteiger partial charge in [-0.25, -0.2) is 4.79 Å². The molecule has 0 bridgehead atoms. The first-order valence-corrected chi connectivity index (χ1v) is 9.07. The summed E-state index contributed by atoms with van der Waals surface area (Å²) in [5.74, 6) is -0.378. The summed E-state index contributed by atoms with van der Waals surface area (Å²) in [6, 6.07) is 0. The Balaban J connectivity index is 2.61. The van der Waals surface area contributed by atoms with E-state index in [0.29, 0.717) is 11.3 Å². The summed E-state index contributed by atoms with van der Waals surface area (Å²) in [6.45, 7) is 19.3. The molecule has 0 saturated carbocycles. The molecule has 26 heavy (non-hydrogen) atoms. The van der Waals surface area contributed by atoms with Crippen molar-refractivity contribution >= 4 is 24.2 Å². The van der Waals surface area contributed by atoms with Crippen LogP contribution in [0.1, 0.15) is 75.5 Å². The van der Waals surface area contributed by atoms with Crippen LogP contribution < -0.4 is 11.2 Å². The number of esters is 1. The third-order valence-corrected chi connectivity index (χ3v) is 5.46. The van der Waals surface area contributed by atoms with Gasteiger partial charge in [0.25, 0.3) is 0 Å². The van der Waals surface area contributed by atoms with Crippen molar-refractivity contribution in [3.05, 3.63) is 22.3 Å². The van der Waals surface area contributed by atoms with Gasteiger partial charge in [-0.2, -0.15) is 0 Å². The van der Waals surface area contributed by atoms with Crippen LogP contribution >= 0.6 is 0 Å². The number of nitrogen functional groups attached to an aromatic ring is 1. The number of hydrogen-bond acceptors (Lipinski definition) is 5. The molecule has 1 aromatic carbocycles. The topological polar surface area (TPSA) is 70.8 Å². The quantitative estimate of drug-likeness (QED) is 0.496. The van der Waals surface area contributed by atoms with E-state index in [4.69, 9.17) is 19.8 Å². The minimum atomic E-state index is -0.583. The summed E-state index contributed by atoms with van der Waals surface area (Å²) in [5, 5.41) is 0. The molecule has 0 unspecified atom stereocenters. The van der Waals surface area contributed by atoms with E-state index in [1.807, 2.05) is 69.2 Å². The molecule has 0 aliphatic carbocycles.